The van der Waals surface area contributed by atoms with Gasteiger partial charge in [-0.2, -0.15) is 0 Å². The average molecular weight is 239 g/mol. The van der Waals surface area contributed by atoms with Crippen molar-refractivity contribution in [2.75, 3.05) is 46.3 Å². The second kappa shape index (κ2) is 6.36. The monoisotopic (exact) mass is 239 g/mol. The van der Waals surface area contributed by atoms with Crippen LogP contribution in [0.1, 0.15) is 25.7 Å². The highest BCUT2D eigenvalue weighted by Crippen LogP contribution is 2.20. The van der Waals surface area contributed by atoms with Crippen molar-refractivity contribution < 1.29 is 4.79 Å². The second-order valence-corrected chi connectivity index (χ2v) is 5.36. The quantitative estimate of drug-likeness (QED) is 0.778. The Bertz CT molecular complexity index is 243. The third kappa shape index (κ3) is 3.68. The van der Waals surface area contributed by atoms with Crippen molar-refractivity contribution in [3.05, 3.63) is 0 Å². The molecule has 4 heteroatoms. The van der Waals surface area contributed by atoms with Gasteiger partial charge in [0, 0.05) is 19.6 Å². The van der Waals surface area contributed by atoms with E-state index >= 15 is 0 Å². The molecule has 98 valence electrons. The van der Waals surface area contributed by atoms with Crippen LogP contribution in [0.2, 0.25) is 0 Å². The highest BCUT2D eigenvalue weighted by atomic mass is 16.2. The van der Waals surface area contributed by atoms with E-state index in [0.29, 0.717) is 6.54 Å². The summed E-state index contributed by atoms with van der Waals surface area (Å²) in [7, 11) is 1.83. The summed E-state index contributed by atoms with van der Waals surface area (Å²) < 4.78 is 0. The fourth-order valence-electron chi connectivity index (χ4n) is 2.96. The molecule has 0 aromatic heterocycles. The molecule has 0 aromatic carbocycles. The largest absolute Gasteiger partial charge is 0.342 e. The van der Waals surface area contributed by atoms with Crippen LogP contribution >= 0.6 is 0 Å². The average Bonchev–Trinajstić information content (AvgIpc) is 2.83. The van der Waals surface area contributed by atoms with Crippen molar-refractivity contribution in [1.29, 1.82) is 0 Å². The molecule has 2 rings (SSSR count). The van der Waals surface area contributed by atoms with Crippen LogP contribution in [0.15, 0.2) is 0 Å². The van der Waals surface area contributed by atoms with Crippen molar-refractivity contribution in [2.24, 2.45) is 5.92 Å². The number of nitrogens with zero attached hydrogens (tertiary/aromatic N) is 2. The van der Waals surface area contributed by atoms with Crippen LogP contribution in [0.3, 0.4) is 0 Å². The molecule has 0 aliphatic carbocycles. The molecule has 2 heterocycles. The molecule has 17 heavy (non-hydrogen) atoms. The number of carbonyl (C=O) groups excluding carboxylic acids is 1. The highest BCUT2D eigenvalue weighted by Gasteiger charge is 2.24. The lowest BCUT2D eigenvalue weighted by Crippen LogP contribution is -2.44. The zero-order valence-corrected chi connectivity index (χ0v) is 11.0. The SMILES string of the molecule is CNCC(=O)N1CCC(CN2CCCC2)CC1. The van der Waals surface area contributed by atoms with Gasteiger partial charge in [0.15, 0.2) is 0 Å². The van der Waals surface area contributed by atoms with E-state index in [1.807, 2.05) is 11.9 Å². The Morgan fingerprint density at radius 3 is 2.41 bits per heavy atom. The van der Waals surface area contributed by atoms with Gasteiger partial charge in [-0.15, -0.1) is 0 Å². The summed E-state index contributed by atoms with van der Waals surface area (Å²) >= 11 is 0. The summed E-state index contributed by atoms with van der Waals surface area (Å²) in [5, 5.41) is 2.94. The van der Waals surface area contributed by atoms with E-state index < -0.39 is 0 Å². The van der Waals surface area contributed by atoms with Crippen molar-refractivity contribution in [3.63, 3.8) is 0 Å². The maximum absolute atomic E-state index is 11.7. The molecular weight excluding hydrogens is 214 g/mol. The molecule has 0 aromatic rings. The van der Waals surface area contributed by atoms with Crippen molar-refractivity contribution >= 4 is 5.91 Å². The van der Waals surface area contributed by atoms with Gasteiger partial charge in [0.1, 0.15) is 0 Å². The summed E-state index contributed by atoms with van der Waals surface area (Å²) in [6.45, 7) is 6.24. The van der Waals surface area contributed by atoms with E-state index in [1.165, 1.54) is 45.3 Å². The Balaban J connectivity index is 1.68. The summed E-state index contributed by atoms with van der Waals surface area (Å²) in [5.74, 6) is 1.07. The topological polar surface area (TPSA) is 35.6 Å². The maximum Gasteiger partial charge on any atom is 0.236 e. The number of amides is 1. The third-order valence-electron chi connectivity index (χ3n) is 4.01. The van der Waals surface area contributed by atoms with Crippen LogP contribution in [0.5, 0.6) is 0 Å². The van der Waals surface area contributed by atoms with E-state index in [4.69, 9.17) is 0 Å². The number of nitrogens with one attached hydrogen (secondary N) is 1. The fraction of sp³-hybridized carbons (Fsp3) is 0.923. The summed E-state index contributed by atoms with van der Waals surface area (Å²) in [6, 6.07) is 0. The first-order valence-electron chi connectivity index (χ1n) is 6.94. The smallest absolute Gasteiger partial charge is 0.236 e. The van der Waals surface area contributed by atoms with E-state index in [2.05, 4.69) is 10.2 Å². The molecule has 2 aliphatic rings. The first-order valence-corrected chi connectivity index (χ1v) is 6.94. The molecule has 0 radical (unpaired) electrons. The first kappa shape index (κ1) is 12.8. The number of hydrogen-bond donors (Lipinski definition) is 1. The zero-order chi connectivity index (χ0) is 12.1. The van der Waals surface area contributed by atoms with Gasteiger partial charge in [0.05, 0.1) is 6.54 Å². The van der Waals surface area contributed by atoms with E-state index in [0.717, 1.165) is 19.0 Å². The molecule has 2 fully saturated rings. The molecule has 2 aliphatic heterocycles. The van der Waals surface area contributed by atoms with E-state index in [9.17, 15) is 4.79 Å². The number of rotatable bonds is 4. The molecule has 0 unspecified atom stereocenters. The van der Waals surface area contributed by atoms with Crippen LogP contribution in [0.25, 0.3) is 0 Å². The van der Waals surface area contributed by atoms with Gasteiger partial charge in [0.2, 0.25) is 5.91 Å². The second-order valence-electron chi connectivity index (χ2n) is 5.36. The summed E-state index contributed by atoms with van der Waals surface area (Å²) in [6.07, 6.45) is 5.12. The molecule has 0 spiro atoms. The Morgan fingerprint density at radius 2 is 1.82 bits per heavy atom. The Morgan fingerprint density at radius 1 is 1.18 bits per heavy atom. The molecule has 0 bridgehead atoms. The van der Waals surface area contributed by atoms with Gasteiger partial charge in [-0.3, -0.25) is 4.79 Å². The number of likely N-dealkylation sites (tertiary alicyclic amines) is 2. The lowest BCUT2D eigenvalue weighted by atomic mass is 9.96. The summed E-state index contributed by atoms with van der Waals surface area (Å²) in [4.78, 5) is 16.3. The fourth-order valence-corrected chi connectivity index (χ4v) is 2.96. The molecule has 1 amide bonds. The number of carbonyl (C=O) groups is 1. The highest BCUT2D eigenvalue weighted by molar-refractivity contribution is 5.78. The Kier molecular flexibility index (Phi) is 4.80. The number of piperidine rings is 1. The molecule has 0 atom stereocenters. The van der Waals surface area contributed by atoms with Crippen LogP contribution in [0.4, 0.5) is 0 Å². The minimum atomic E-state index is 0.257. The van der Waals surface area contributed by atoms with Crippen LogP contribution in [0, 0.1) is 5.92 Å². The minimum Gasteiger partial charge on any atom is -0.342 e. The van der Waals surface area contributed by atoms with Crippen LogP contribution < -0.4 is 5.32 Å². The Hall–Kier alpha value is -0.610. The van der Waals surface area contributed by atoms with E-state index in [1.54, 1.807) is 0 Å². The van der Waals surface area contributed by atoms with Crippen LogP contribution in [-0.2, 0) is 4.79 Å². The van der Waals surface area contributed by atoms with Crippen molar-refractivity contribution in [2.45, 2.75) is 25.7 Å². The summed E-state index contributed by atoms with van der Waals surface area (Å²) in [5.41, 5.74) is 0. The Labute approximate surface area is 104 Å². The predicted octanol–water partition coefficient (Wildman–Crippen LogP) is 0.540. The minimum absolute atomic E-state index is 0.257. The normalized spacial score (nSPS) is 23.2. The van der Waals surface area contributed by atoms with Gasteiger partial charge in [0.25, 0.3) is 0 Å². The molecular formula is C13H25N3O. The van der Waals surface area contributed by atoms with Gasteiger partial charge in [-0.1, -0.05) is 0 Å². The van der Waals surface area contributed by atoms with Gasteiger partial charge >= 0.3 is 0 Å². The standard InChI is InChI=1S/C13H25N3O/c1-14-10-13(17)16-8-4-12(5-9-16)11-15-6-2-3-7-15/h12,14H,2-11H2,1H3. The maximum atomic E-state index is 11.7. The lowest BCUT2D eigenvalue weighted by Gasteiger charge is -2.33. The number of likely N-dealkylation sites (N-methyl/N-ethyl adjacent to an activating group) is 1. The zero-order valence-electron chi connectivity index (χ0n) is 11.0. The molecule has 0 saturated carbocycles. The molecule has 2 saturated heterocycles. The van der Waals surface area contributed by atoms with Crippen LogP contribution in [-0.4, -0.2) is 62.0 Å². The number of hydrogen-bond acceptors (Lipinski definition) is 3. The van der Waals surface area contributed by atoms with Crippen molar-refractivity contribution in [1.82, 2.24) is 15.1 Å². The van der Waals surface area contributed by atoms with Crippen molar-refractivity contribution in [3.8, 4) is 0 Å². The first-order chi connectivity index (χ1) is 8.29. The van der Waals surface area contributed by atoms with Gasteiger partial charge in [-0.25, -0.2) is 0 Å². The lowest BCUT2D eigenvalue weighted by molar-refractivity contribution is -0.131. The molecule has 4 nitrogen and oxygen atoms in total. The predicted molar refractivity (Wildman–Crippen MR) is 68.9 cm³/mol. The third-order valence-corrected chi connectivity index (χ3v) is 4.01. The molecule has 1 N–H and O–H groups in total. The van der Waals surface area contributed by atoms with Gasteiger partial charge < -0.3 is 15.1 Å². The van der Waals surface area contributed by atoms with E-state index in [-0.39, 0.29) is 5.91 Å². The van der Waals surface area contributed by atoms with Gasteiger partial charge in [-0.05, 0) is 51.7 Å².